The zero-order chi connectivity index (χ0) is 40.6. The number of fused-ring (bicyclic) bond motifs is 9. The van der Waals surface area contributed by atoms with Crippen LogP contribution in [0, 0.1) is 22.7 Å². The molecule has 8 aromatic carbocycles. The lowest BCUT2D eigenvalue weighted by Gasteiger charge is -2.27. The first-order chi connectivity index (χ1) is 30.2. The van der Waals surface area contributed by atoms with Gasteiger partial charge in [-0.15, -0.1) is 0 Å². The van der Waals surface area contributed by atoms with Gasteiger partial charge in [-0.3, -0.25) is 0 Å². The van der Waals surface area contributed by atoms with Crippen molar-refractivity contribution in [1.29, 1.82) is 10.5 Å². The van der Waals surface area contributed by atoms with E-state index in [9.17, 15) is 10.5 Å². The van der Waals surface area contributed by atoms with E-state index in [1.165, 1.54) is 0 Å². The number of benzene rings is 8. The van der Waals surface area contributed by atoms with Crippen molar-refractivity contribution in [3.05, 3.63) is 206 Å². The molecule has 0 saturated heterocycles. The van der Waals surface area contributed by atoms with Gasteiger partial charge < -0.3 is 13.7 Å². The maximum Gasteiger partial charge on any atom is 0.140 e. The Balaban J connectivity index is 1.42. The van der Waals surface area contributed by atoms with Crippen LogP contribution >= 0.6 is 0 Å². The third kappa shape index (κ3) is 5.04. The lowest BCUT2D eigenvalue weighted by atomic mass is 9.93. The fraction of sp³-hybridized carbons (Fsp3) is 0. The summed E-state index contributed by atoms with van der Waals surface area (Å²) in [5.74, 6) is 0. The molecule has 0 aliphatic carbocycles. The van der Waals surface area contributed by atoms with E-state index in [2.05, 4.69) is 195 Å². The fourth-order valence-corrected chi connectivity index (χ4v) is 9.59. The van der Waals surface area contributed by atoms with Gasteiger partial charge in [0.2, 0.25) is 0 Å². The standard InChI is InChI=1S/C55H32N6/c56-32-35-25-27-36(28-26-35)45-31-46(37-29-30-38(33-57)58-34-37)54(60-49-21-9-3-15-41(49)42-16-4-10-22-50(42)60)55(61-51-23-11-5-17-43(51)44-18-6-12-24-52(44)61)53(45)59-47-19-7-1-13-39(47)40-14-2-8-20-48(40)59/h1-31,34H. The fourth-order valence-electron chi connectivity index (χ4n) is 9.59. The summed E-state index contributed by atoms with van der Waals surface area (Å²) in [7, 11) is 0. The second kappa shape index (κ2) is 13.4. The number of para-hydroxylation sites is 6. The number of nitrogens with zero attached hydrogens (tertiary/aromatic N) is 6. The summed E-state index contributed by atoms with van der Waals surface area (Å²) in [5, 5.41) is 26.8. The van der Waals surface area contributed by atoms with Crippen LogP contribution in [0.15, 0.2) is 194 Å². The van der Waals surface area contributed by atoms with E-state index >= 15 is 0 Å². The van der Waals surface area contributed by atoms with E-state index < -0.39 is 0 Å². The molecule has 0 radical (unpaired) electrons. The van der Waals surface area contributed by atoms with Crippen molar-refractivity contribution in [3.63, 3.8) is 0 Å². The second-order valence-corrected chi connectivity index (χ2v) is 15.4. The zero-order valence-electron chi connectivity index (χ0n) is 32.7. The highest BCUT2D eigenvalue weighted by molar-refractivity contribution is 6.15. The second-order valence-electron chi connectivity index (χ2n) is 15.4. The molecule has 0 fully saturated rings. The van der Waals surface area contributed by atoms with Crippen LogP contribution < -0.4 is 0 Å². The molecule has 6 heteroatoms. The Morgan fingerprint density at radius 1 is 0.344 bits per heavy atom. The van der Waals surface area contributed by atoms with Crippen molar-refractivity contribution in [2.45, 2.75) is 0 Å². The molecular formula is C55H32N6. The molecular weight excluding hydrogens is 745 g/mol. The predicted octanol–water partition coefficient (Wildman–Crippen LogP) is 13.5. The maximum atomic E-state index is 9.97. The van der Waals surface area contributed by atoms with Crippen molar-refractivity contribution in [2.24, 2.45) is 0 Å². The normalized spacial score (nSPS) is 11.6. The Hall–Kier alpha value is -8.71. The monoisotopic (exact) mass is 776 g/mol. The van der Waals surface area contributed by atoms with E-state index in [4.69, 9.17) is 0 Å². The van der Waals surface area contributed by atoms with Crippen LogP contribution in [0.25, 0.3) is 105 Å². The Morgan fingerprint density at radius 2 is 0.689 bits per heavy atom. The number of aromatic nitrogens is 4. The van der Waals surface area contributed by atoms with Crippen molar-refractivity contribution >= 4 is 65.4 Å². The van der Waals surface area contributed by atoms with E-state index in [1.807, 2.05) is 24.4 Å². The molecule has 0 aliphatic heterocycles. The summed E-state index contributed by atoms with van der Waals surface area (Å²) in [4.78, 5) is 4.67. The highest BCUT2D eigenvalue weighted by Crippen LogP contribution is 2.49. The number of hydrogen-bond donors (Lipinski definition) is 0. The van der Waals surface area contributed by atoms with E-state index in [-0.39, 0.29) is 0 Å². The van der Waals surface area contributed by atoms with Crippen molar-refractivity contribution < 1.29 is 0 Å². The highest BCUT2D eigenvalue weighted by Gasteiger charge is 2.30. The van der Waals surface area contributed by atoms with Gasteiger partial charge in [0, 0.05) is 55.2 Å². The quantitative estimate of drug-likeness (QED) is 0.175. The van der Waals surface area contributed by atoms with Crippen LogP contribution in [-0.4, -0.2) is 18.7 Å². The first-order valence-electron chi connectivity index (χ1n) is 20.3. The molecule has 0 aliphatic rings. The van der Waals surface area contributed by atoms with Gasteiger partial charge in [0.25, 0.3) is 0 Å². The van der Waals surface area contributed by atoms with Gasteiger partial charge in [-0.2, -0.15) is 10.5 Å². The van der Waals surface area contributed by atoms with Crippen LogP contribution in [0.3, 0.4) is 0 Å². The van der Waals surface area contributed by atoms with E-state index in [0.717, 1.165) is 105 Å². The molecule has 0 saturated carbocycles. The summed E-state index contributed by atoms with van der Waals surface area (Å²) in [6, 6.07) is 70.5. The average Bonchev–Trinajstić information content (AvgIpc) is 3.97. The Kier molecular flexibility index (Phi) is 7.56. The Labute approximate surface area is 350 Å². The minimum atomic E-state index is 0.346. The van der Waals surface area contributed by atoms with Crippen LogP contribution in [0.1, 0.15) is 11.3 Å². The number of pyridine rings is 1. The minimum absolute atomic E-state index is 0.346. The largest absolute Gasteiger partial charge is 0.306 e. The molecule has 0 amide bonds. The van der Waals surface area contributed by atoms with Crippen LogP contribution in [-0.2, 0) is 0 Å². The van der Waals surface area contributed by atoms with Crippen LogP contribution in [0.4, 0.5) is 0 Å². The molecule has 0 unspecified atom stereocenters. The smallest absolute Gasteiger partial charge is 0.140 e. The minimum Gasteiger partial charge on any atom is -0.306 e. The third-order valence-electron chi connectivity index (χ3n) is 12.2. The maximum absolute atomic E-state index is 9.97. The van der Waals surface area contributed by atoms with Gasteiger partial charge in [-0.1, -0.05) is 121 Å². The summed E-state index contributed by atoms with van der Waals surface area (Å²) in [5.41, 5.74) is 14.0. The van der Waals surface area contributed by atoms with Crippen molar-refractivity contribution in [3.8, 4) is 51.5 Å². The Morgan fingerprint density at radius 3 is 1.03 bits per heavy atom. The van der Waals surface area contributed by atoms with E-state index in [1.54, 1.807) is 6.07 Å². The van der Waals surface area contributed by atoms with Gasteiger partial charge in [0.1, 0.15) is 11.8 Å². The SMILES string of the molecule is N#Cc1ccc(-c2cc(-c3ccc(C#N)nc3)c(-n3c4ccccc4c4ccccc43)c(-n3c4ccccc4c4ccccc43)c2-n2c3ccccc3c3ccccc32)cc1. The first kappa shape index (κ1) is 34.3. The van der Waals surface area contributed by atoms with Crippen LogP contribution in [0.5, 0.6) is 0 Å². The zero-order valence-corrected chi connectivity index (χ0v) is 32.7. The van der Waals surface area contributed by atoms with Crippen molar-refractivity contribution in [2.75, 3.05) is 0 Å². The van der Waals surface area contributed by atoms with Gasteiger partial charge in [-0.05, 0) is 72.3 Å². The topological polar surface area (TPSA) is 75.3 Å². The summed E-state index contributed by atoms with van der Waals surface area (Å²) < 4.78 is 7.32. The summed E-state index contributed by atoms with van der Waals surface area (Å²) in [6.45, 7) is 0. The molecule has 0 bridgehead atoms. The number of nitriles is 2. The van der Waals surface area contributed by atoms with Crippen molar-refractivity contribution in [1.82, 2.24) is 18.7 Å². The lowest BCUT2D eigenvalue weighted by Crippen LogP contribution is -2.12. The van der Waals surface area contributed by atoms with Gasteiger partial charge in [0.15, 0.2) is 0 Å². The number of rotatable bonds is 5. The molecule has 61 heavy (non-hydrogen) atoms. The number of hydrogen-bond acceptors (Lipinski definition) is 3. The lowest BCUT2D eigenvalue weighted by molar-refractivity contribution is 1.05. The summed E-state index contributed by atoms with van der Waals surface area (Å²) >= 11 is 0. The van der Waals surface area contributed by atoms with Gasteiger partial charge in [-0.25, -0.2) is 4.98 Å². The molecule has 0 atom stereocenters. The molecule has 282 valence electrons. The highest BCUT2D eigenvalue weighted by atomic mass is 15.1. The predicted molar refractivity (Wildman–Crippen MR) is 248 cm³/mol. The third-order valence-corrected chi connectivity index (χ3v) is 12.2. The molecule has 4 aromatic heterocycles. The first-order valence-corrected chi connectivity index (χ1v) is 20.3. The molecule has 0 N–H and O–H groups in total. The van der Waals surface area contributed by atoms with E-state index in [0.29, 0.717) is 11.3 Å². The summed E-state index contributed by atoms with van der Waals surface area (Å²) in [6.07, 6.45) is 1.82. The van der Waals surface area contributed by atoms with Gasteiger partial charge in [0.05, 0.1) is 61.8 Å². The molecule has 12 aromatic rings. The molecule has 4 heterocycles. The van der Waals surface area contributed by atoms with Gasteiger partial charge >= 0.3 is 0 Å². The average molecular weight is 777 g/mol. The van der Waals surface area contributed by atoms with Crippen LogP contribution in [0.2, 0.25) is 0 Å². The Bertz CT molecular complexity index is 3480. The molecule has 6 nitrogen and oxygen atoms in total. The molecule has 12 rings (SSSR count). The molecule has 0 spiro atoms.